The van der Waals surface area contributed by atoms with E-state index in [4.69, 9.17) is 22.1 Å². The lowest BCUT2D eigenvalue weighted by Crippen LogP contribution is -2.45. The Bertz CT molecular complexity index is 147. The summed E-state index contributed by atoms with van der Waals surface area (Å²) in [5.74, 6) is 0. The van der Waals surface area contributed by atoms with Gasteiger partial charge in [-0.05, 0) is 0 Å². The van der Waals surface area contributed by atoms with Gasteiger partial charge in [-0.25, -0.2) is 0 Å². The molecule has 4 nitrogen and oxygen atoms in total. The molecule has 2 unspecified atom stereocenters. The molecule has 0 bridgehead atoms. The molecule has 13 heavy (non-hydrogen) atoms. The van der Waals surface area contributed by atoms with Gasteiger partial charge in [0.1, 0.15) is 7.85 Å². The second kappa shape index (κ2) is 5.60. The summed E-state index contributed by atoms with van der Waals surface area (Å²) in [6.07, 6.45) is 0.0480. The molecule has 5 heteroatoms. The Balaban J connectivity index is 2.27. The van der Waals surface area contributed by atoms with Crippen LogP contribution in [0.25, 0.3) is 0 Å². The summed E-state index contributed by atoms with van der Waals surface area (Å²) in [5, 5.41) is 3.23. The zero-order valence-corrected chi connectivity index (χ0v) is 8.16. The summed E-state index contributed by atoms with van der Waals surface area (Å²) in [6.45, 7) is 1.99. The minimum Gasteiger partial charge on any atom is -0.384 e. The largest absolute Gasteiger partial charge is 0.384 e. The lowest BCUT2D eigenvalue weighted by molar-refractivity contribution is 0.0711. The van der Waals surface area contributed by atoms with Crippen molar-refractivity contribution < 1.29 is 14.2 Å². The molecule has 1 saturated heterocycles. The molecule has 1 fully saturated rings. The molecule has 3 atom stereocenters. The molecule has 0 amide bonds. The molecule has 1 N–H and O–H groups in total. The molecule has 1 aliphatic heterocycles. The van der Waals surface area contributed by atoms with Gasteiger partial charge in [0, 0.05) is 26.8 Å². The van der Waals surface area contributed by atoms with Crippen molar-refractivity contribution in [2.45, 2.75) is 18.1 Å². The molecule has 0 spiro atoms. The molecule has 0 aliphatic carbocycles. The molecule has 2 radical (unpaired) electrons. The van der Waals surface area contributed by atoms with Gasteiger partial charge in [-0.1, -0.05) is 0 Å². The lowest BCUT2D eigenvalue weighted by atomic mass is 9.91. The van der Waals surface area contributed by atoms with Gasteiger partial charge >= 0.3 is 0 Å². The van der Waals surface area contributed by atoms with Crippen LogP contribution in [0, 0.1) is 0 Å². The summed E-state index contributed by atoms with van der Waals surface area (Å²) in [7, 11) is 9.05. The number of hydrogen-bond donors (Lipinski definition) is 1. The van der Waals surface area contributed by atoms with Crippen molar-refractivity contribution in [2.24, 2.45) is 0 Å². The van der Waals surface area contributed by atoms with E-state index in [-0.39, 0.29) is 18.1 Å². The first kappa shape index (κ1) is 11.0. The van der Waals surface area contributed by atoms with Crippen molar-refractivity contribution >= 4 is 7.85 Å². The Kier molecular flexibility index (Phi) is 4.73. The van der Waals surface area contributed by atoms with Crippen LogP contribution in [0.5, 0.6) is 0 Å². The maximum absolute atomic E-state index is 5.72. The van der Waals surface area contributed by atoms with Crippen LogP contribution >= 0.6 is 0 Å². The van der Waals surface area contributed by atoms with Gasteiger partial charge in [0.05, 0.1) is 25.4 Å². The second-order valence-corrected chi connectivity index (χ2v) is 3.04. The predicted molar refractivity (Wildman–Crippen MR) is 50.0 cm³/mol. The fourth-order valence-corrected chi connectivity index (χ4v) is 1.41. The van der Waals surface area contributed by atoms with Crippen molar-refractivity contribution in [3.63, 3.8) is 0 Å². The van der Waals surface area contributed by atoms with Gasteiger partial charge in [0.15, 0.2) is 0 Å². The second-order valence-electron chi connectivity index (χ2n) is 3.04. The van der Waals surface area contributed by atoms with Crippen LogP contribution in [0.15, 0.2) is 0 Å². The van der Waals surface area contributed by atoms with Crippen LogP contribution in [-0.4, -0.2) is 60.0 Å². The number of nitrogens with one attached hydrogen (secondary N) is 1. The Morgan fingerprint density at radius 1 is 1.54 bits per heavy atom. The third kappa shape index (κ3) is 2.95. The SMILES string of the molecule is [B][C@@H]1OCC(OC)C1NCCOC. The highest BCUT2D eigenvalue weighted by molar-refractivity contribution is 6.11. The smallest absolute Gasteiger partial charge is 0.111 e. The highest BCUT2D eigenvalue weighted by atomic mass is 16.5. The van der Waals surface area contributed by atoms with E-state index in [9.17, 15) is 0 Å². The average molecular weight is 185 g/mol. The quantitative estimate of drug-likeness (QED) is 0.446. The van der Waals surface area contributed by atoms with Crippen molar-refractivity contribution in [3.05, 3.63) is 0 Å². The molecule has 1 aliphatic rings. The van der Waals surface area contributed by atoms with Gasteiger partial charge in [0.25, 0.3) is 0 Å². The van der Waals surface area contributed by atoms with Gasteiger partial charge in [-0.2, -0.15) is 0 Å². The molecule has 74 valence electrons. The van der Waals surface area contributed by atoms with Gasteiger partial charge in [0.2, 0.25) is 0 Å². The van der Waals surface area contributed by atoms with Gasteiger partial charge < -0.3 is 19.5 Å². The minimum atomic E-state index is -0.276. The first-order valence-corrected chi connectivity index (χ1v) is 4.42. The van der Waals surface area contributed by atoms with E-state index in [1.165, 1.54) is 0 Å². The average Bonchev–Trinajstić information content (AvgIpc) is 2.48. The Labute approximate surface area is 80.3 Å². The molecule has 1 heterocycles. The van der Waals surface area contributed by atoms with Crippen LogP contribution in [0.1, 0.15) is 0 Å². The molecule has 0 saturated carbocycles. The number of methoxy groups -OCH3 is 2. The summed E-state index contributed by atoms with van der Waals surface area (Å²) in [5.41, 5.74) is 0. The fourth-order valence-electron chi connectivity index (χ4n) is 1.41. The summed E-state index contributed by atoms with van der Waals surface area (Å²) in [4.78, 5) is 0. The summed E-state index contributed by atoms with van der Waals surface area (Å²) in [6, 6.07) is -0.207. The fraction of sp³-hybridized carbons (Fsp3) is 1.00. The monoisotopic (exact) mass is 185 g/mol. The number of rotatable bonds is 5. The van der Waals surface area contributed by atoms with E-state index < -0.39 is 0 Å². The normalized spacial score (nSPS) is 33.8. The van der Waals surface area contributed by atoms with Crippen molar-refractivity contribution in [1.82, 2.24) is 5.32 Å². The summed E-state index contributed by atoms with van der Waals surface area (Å²) < 4.78 is 15.4. The van der Waals surface area contributed by atoms with Crippen LogP contribution < -0.4 is 5.32 Å². The molecule has 1 rings (SSSR count). The maximum Gasteiger partial charge on any atom is 0.111 e. The third-order valence-electron chi connectivity index (χ3n) is 2.20. The Hall–Kier alpha value is -0.0951. The predicted octanol–water partition coefficient (Wildman–Crippen LogP) is -0.869. The highest BCUT2D eigenvalue weighted by Gasteiger charge is 2.33. The zero-order chi connectivity index (χ0) is 9.68. The Morgan fingerprint density at radius 2 is 2.31 bits per heavy atom. The molecule has 0 aromatic carbocycles. The van der Waals surface area contributed by atoms with E-state index in [0.29, 0.717) is 13.2 Å². The Morgan fingerprint density at radius 3 is 2.92 bits per heavy atom. The minimum absolute atomic E-state index is 0.0480. The van der Waals surface area contributed by atoms with E-state index in [1.54, 1.807) is 14.2 Å². The molecular formula is C8H16BNO3. The van der Waals surface area contributed by atoms with Crippen molar-refractivity contribution in [3.8, 4) is 0 Å². The van der Waals surface area contributed by atoms with Crippen LogP contribution in [0.2, 0.25) is 0 Å². The van der Waals surface area contributed by atoms with Crippen molar-refractivity contribution in [2.75, 3.05) is 34.0 Å². The highest BCUT2D eigenvalue weighted by Crippen LogP contribution is 2.13. The van der Waals surface area contributed by atoms with Crippen molar-refractivity contribution in [1.29, 1.82) is 0 Å². The molecule has 0 aromatic heterocycles. The topological polar surface area (TPSA) is 39.7 Å². The van der Waals surface area contributed by atoms with E-state index >= 15 is 0 Å². The van der Waals surface area contributed by atoms with Crippen LogP contribution in [0.4, 0.5) is 0 Å². The van der Waals surface area contributed by atoms with E-state index in [1.807, 2.05) is 0 Å². The molecule has 0 aromatic rings. The first-order valence-electron chi connectivity index (χ1n) is 4.42. The maximum atomic E-state index is 5.72. The van der Waals surface area contributed by atoms with E-state index in [2.05, 4.69) is 5.32 Å². The molecular weight excluding hydrogens is 169 g/mol. The lowest BCUT2D eigenvalue weighted by Gasteiger charge is -2.21. The summed E-state index contributed by atoms with van der Waals surface area (Å²) >= 11 is 0. The number of hydrogen-bond acceptors (Lipinski definition) is 4. The van der Waals surface area contributed by atoms with Gasteiger partial charge in [-0.3, -0.25) is 0 Å². The van der Waals surface area contributed by atoms with E-state index in [0.717, 1.165) is 6.54 Å². The zero-order valence-electron chi connectivity index (χ0n) is 8.16. The standard InChI is InChI=1S/C8H16BNO3/c1-11-4-3-10-7-6(12-2)5-13-8(7)9/h6-8,10H,3-5H2,1-2H3/t6?,7?,8-/m1/s1. The van der Waals surface area contributed by atoms with Crippen LogP contribution in [0.3, 0.4) is 0 Å². The van der Waals surface area contributed by atoms with Crippen LogP contribution in [-0.2, 0) is 14.2 Å². The third-order valence-corrected chi connectivity index (χ3v) is 2.20. The number of ether oxygens (including phenoxy) is 3. The first-order chi connectivity index (χ1) is 6.29. The van der Waals surface area contributed by atoms with Gasteiger partial charge in [-0.15, -0.1) is 0 Å².